The fourth-order valence-electron chi connectivity index (χ4n) is 3.04. The van der Waals surface area contributed by atoms with Crippen molar-refractivity contribution in [3.8, 4) is 0 Å². The third-order valence-corrected chi connectivity index (χ3v) is 4.45. The Morgan fingerprint density at radius 2 is 1.95 bits per heavy atom. The van der Waals surface area contributed by atoms with E-state index < -0.39 is 11.5 Å². The monoisotopic (exact) mass is 353 g/mol. The summed E-state index contributed by atoms with van der Waals surface area (Å²) in [5.41, 5.74) is 0.357. The Kier molecular flexibility index (Phi) is 5.39. The third kappa shape index (κ3) is 4.84. The number of carbonyl (C=O) groups is 2. The number of carboxylic acid groups (broad SMARTS) is 1. The second-order valence-corrected chi connectivity index (χ2v) is 6.68. The molecule has 1 aromatic carbocycles. The number of hydrogen-bond acceptors (Lipinski definition) is 2. The Balaban J connectivity index is 2.02. The van der Waals surface area contributed by atoms with Crippen molar-refractivity contribution in [3.05, 3.63) is 34.3 Å². The van der Waals surface area contributed by atoms with Crippen LogP contribution in [-0.2, 0) is 16.0 Å². The Morgan fingerprint density at radius 1 is 1.24 bits per heavy atom. The van der Waals surface area contributed by atoms with Crippen molar-refractivity contribution in [2.75, 3.05) is 0 Å². The molecule has 21 heavy (non-hydrogen) atoms. The molecule has 0 aliphatic heterocycles. The smallest absolute Gasteiger partial charge is 0.305 e. The third-order valence-electron chi connectivity index (χ3n) is 3.96. The Hall–Kier alpha value is -1.36. The molecule has 0 spiro atoms. The molecule has 5 heteroatoms. The molecular weight excluding hydrogens is 334 g/mol. The molecular formula is C16H20BrNO3. The lowest BCUT2D eigenvalue weighted by Crippen LogP contribution is -2.51. The summed E-state index contributed by atoms with van der Waals surface area (Å²) in [5, 5.41) is 12.1. The number of amides is 1. The average molecular weight is 354 g/mol. The van der Waals surface area contributed by atoms with Crippen molar-refractivity contribution >= 4 is 27.8 Å². The second kappa shape index (κ2) is 7.07. The quantitative estimate of drug-likeness (QED) is 0.853. The molecule has 1 saturated carbocycles. The summed E-state index contributed by atoms with van der Waals surface area (Å²) in [6, 6.07) is 7.61. The first-order valence-corrected chi connectivity index (χ1v) is 8.06. The maximum Gasteiger partial charge on any atom is 0.305 e. The molecule has 1 fully saturated rings. The number of benzene rings is 1. The van der Waals surface area contributed by atoms with E-state index in [0.717, 1.165) is 42.1 Å². The van der Waals surface area contributed by atoms with E-state index in [-0.39, 0.29) is 18.7 Å². The van der Waals surface area contributed by atoms with Crippen LogP contribution in [0.3, 0.4) is 0 Å². The van der Waals surface area contributed by atoms with Gasteiger partial charge in [-0.3, -0.25) is 9.59 Å². The minimum atomic E-state index is -0.848. The molecule has 0 atom stereocenters. The maximum absolute atomic E-state index is 12.3. The van der Waals surface area contributed by atoms with Gasteiger partial charge in [0.25, 0.3) is 0 Å². The van der Waals surface area contributed by atoms with Crippen LogP contribution in [0, 0.1) is 0 Å². The molecule has 0 unspecified atom stereocenters. The van der Waals surface area contributed by atoms with Crippen LogP contribution in [0.25, 0.3) is 0 Å². The number of halogens is 1. The summed E-state index contributed by atoms with van der Waals surface area (Å²) in [6.45, 7) is 0. The average Bonchev–Trinajstić information content (AvgIpc) is 2.38. The van der Waals surface area contributed by atoms with Gasteiger partial charge in [-0.25, -0.2) is 0 Å². The highest BCUT2D eigenvalue weighted by Gasteiger charge is 2.35. The number of rotatable bonds is 5. The molecule has 114 valence electrons. The van der Waals surface area contributed by atoms with Crippen LogP contribution in [0.2, 0.25) is 0 Å². The SMILES string of the molecule is O=C(O)CC1(NC(=O)Cc2cccc(Br)c2)CCCCC1. The molecule has 2 rings (SSSR count). The first-order chi connectivity index (χ1) is 9.99. The zero-order valence-electron chi connectivity index (χ0n) is 11.9. The van der Waals surface area contributed by atoms with Crippen molar-refractivity contribution in [2.45, 2.75) is 50.5 Å². The number of carbonyl (C=O) groups excluding carboxylic acids is 1. The van der Waals surface area contributed by atoms with E-state index in [4.69, 9.17) is 5.11 Å². The van der Waals surface area contributed by atoms with E-state index in [9.17, 15) is 9.59 Å². The predicted octanol–water partition coefficient (Wildman–Crippen LogP) is 3.29. The Morgan fingerprint density at radius 3 is 2.57 bits per heavy atom. The minimum Gasteiger partial charge on any atom is -0.481 e. The van der Waals surface area contributed by atoms with Gasteiger partial charge in [-0.2, -0.15) is 0 Å². The van der Waals surface area contributed by atoms with Gasteiger partial charge in [0.15, 0.2) is 0 Å². The van der Waals surface area contributed by atoms with Crippen LogP contribution in [0.5, 0.6) is 0 Å². The van der Waals surface area contributed by atoms with Crippen molar-refractivity contribution < 1.29 is 14.7 Å². The van der Waals surface area contributed by atoms with E-state index in [1.54, 1.807) is 0 Å². The molecule has 0 bridgehead atoms. The van der Waals surface area contributed by atoms with E-state index in [0.29, 0.717) is 0 Å². The zero-order valence-corrected chi connectivity index (χ0v) is 13.5. The van der Waals surface area contributed by atoms with Crippen LogP contribution in [0.1, 0.15) is 44.1 Å². The van der Waals surface area contributed by atoms with Crippen molar-refractivity contribution in [3.63, 3.8) is 0 Å². The molecule has 2 N–H and O–H groups in total. The molecule has 0 heterocycles. The number of hydrogen-bond donors (Lipinski definition) is 2. The normalized spacial score (nSPS) is 17.2. The van der Waals surface area contributed by atoms with Crippen LogP contribution in [-0.4, -0.2) is 22.5 Å². The van der Waals surface area contributed by atoms with Gasteiger partial charge >= 0.3 is 5.97 Å². The summed E-state index contributed by atoms with van der Waals surface area (Å²) >= 11 is 3.38. The highest BCUT2D eigenvalue weighted by atomic mass is 79.9. The first kappa shape index (κ1) is 16.0. The van der Waals surface area contributed by atoms with Gasteiger partial charge in [0.2, 0.25) is 5.91 Å². The largest absolute Gasteiger partial charge is 0.481 e. The molecule has 1 amide bonds. The topological polar surface area (TPSA) is 66.4 Å². The molecule has 0 saturated heterocycles. The van der Waals surface area contributed by atoms with E-state index in [2.05, 4.69) is 21.2 Å². The van der Waals surface area contributed by atoms with Crippen LogP contribution in [0.4, 0.5) is 0 Å². The second-order valence-electron chi connectivity index (χ2n) is 5.77. The van der Waals surface area contributed by atoms with Crippen LogP contribution in [0.15, 0.2) is 28.7 Å². The van der Waals surface area contributed by atoms with Crippen LogP contribution < -0.4 is 5.32 Å². The van der Waals surface area contributed by atoms with Gasteiger partial charge in [-0.1, -0.05) is 47.3 Å². The summed E-state index contributed by atoms with van der Waals surface area (Å²) in [5.74, 6) is -0.948. The predicted molar refractivity (Wildman–Crippen MR) is 84.1 cm³/mol. The van der Waals surface area contributed by atoms with Gasteiger partial charge < -0.3 is 10.4 Å². The molecule has 4 nitrogen and oxygen atoms in total. The molecule has 0 aromatic heterocycles. The van der Waals surface area contributed by atoms with Crippen molar-refractivity contribution in [2.24, 2.45) is 0 Å². The summed E-state index contributed by atoms with van der Waals surface area (Å²) in [6.07, 6.45) is 4.86. The first-order valence-electron chi connectivity index (χ1n) is 7.26. The summed E-state index contributed by atoms with van der Waals surface area (Å²) < 4.78 is 0.936. The van der Waals surface area contributed by atoms with Gasteiger partial charge in [-0.15, -0.1) is 0 Å². The lowest BCUT2D eigenvalue weighted by Gasteiger charge is -2.37. The van der Waals surface area contributed by atoms with Gasteiger partial charge in [0.1, 0.15) is 0 Å². The highest BCUT2D eigenvalue weighted by molar-refractivity contribution is 9.10. The molecule has 1 aromatic rings. The van der Waals surface area contributed by atoms with Crippen molar-refractivity contribution in [1.29, 1.82) is 0 Å². The maximum atomic E-state index is 12.3. The molecule has 1 aliphatic rings. The van der Waals surface area contributed by atoms with E-state index >= 15 is 0 Å². The molecule has 1 aliphatic carbocycles. The lowest BCUT2D eigenvalue weighted by atomic mass is 9.79. The lowest BCUT2D eigenvalue weighted by molar-refractivity contribution is -0.139. The summed E-state index contributed by atoms with van der Waals surface area (Å²) in [4.78, 5) is 23.4. The number of carboxylic acids is 1. The zero-order chi connectivity index (χ0) is 15.3. The van der Waals surface area contributed by atoms with E-state index in [1.165, 1.54) is 0 Å². The Labute approximate surface area is 133 Å². The number of aliphatic carboxylic acids is 1. The Bertz CT molecular complexity index is 524. The van der Waals surface area contributed by atoms with Gasteiger partial charge in [0.05, 0.1) is 18.4 Å². The molecule has 0 radical (unpaired) electrons. The minimum absolute atomic E-state index is 0.0111. The summed E-state index contributed by atoms with van der Waals surface area (Å²) in [7, 11) is 0. The fourth-order valence-corrected chi connectivity index (χ4v) is 3.48. The van der Waals surface area contributed by atoms with Crippen LogP contribution >= 0.6 is 15.9 Å². The number of nitrogens with one attached hydrogen (secondary N) is 1. The van der Waals surface area contributed by atoms with Gasteiger partial charge in [0, 0.05) is 4.47 Å². The standard InChI is InChI=1S/C16H20BrNO3/c17-13-6-4-5-12(9-13)10-14(19)18-16(11-15(20)21)7-2-1-3-8-16/h4-6,9H,1-3,7-8,10-11H2,(H,18,19)(H,20,21). The van der Waals surface area contributed by atoms with E-state index in [1.807, 2.05) is 24.3 Å². The fraction of sp³-hybridized carbons (Fsp3) is 0.500. The van der Waals surface area contributed by atoms with Gasteiger partial charge in [-0.05, 0) is 30.5 Å². The highest BCUT2D eigenvalue weighted by Crippen LogP contribution is 2.31. The van der Waals surface area contributed by atoms with Crippen molar-refractivity contribution in [1.82, 2.24) is 5.32 Å².